The van der Waals surface area contributed by atoms with Crippen molar-refractivity contribution < 1.29 is 4.79 Å². The zero-order valence-electron chi connectivity index (χ0n) is 11.1. The molecule has 0 aromatic carbocycles. The van der Waals surface area contributed by atoms with Crippen molar-refractivity contribution in [1.29, 1.82) is 0 Å². The summed E-state index contributed by atoms with van der Waals surface area (Å²) in [7, 11) is 0. The number of hydrogen-bond acceptors (Lipinski definition) is 2. The van der Waals surface area contributed by atoms with Crippen LogP contribution in [0.25, 0.3) is 0 Å². The van der Waals surface area contributed by atoms with Crippen LogP contribution in [0.4, 0.5) is 5.69 Å². The molecule has 19 heavy (non-hydrogen) atoms. The Kier molecular flexibility index (Phi) is 3.90. The van der Waals surface area contributed by atoms with Crippen LogP contribution in [-0.4, -0.2) is 15.5 Å². The fraction of sp³-hybridized carbons (Fsp3) is 0.286. The molecule has 0 aliphatic rings. The molecule has 0 spiro atoms. The molecule has 2 aromatic heterocycles. The van der Waals surface area contributed by atoms with Crippen LogP contribution < -0.4 is 5.32 Å². The van der Waals surface area contributed by atoms with E-state index in [1.165, 1.54) is 0 Å². The second-order valence-corrected chi connectivity index (χ2v) is 5.00. The van der Waals surface area contributed by atoms with Crippen molar-refractivity contribution in [3.63, 3.8) is 0 Å². The summed E-state index contributed by atoms with van der Waals surface area (Å²) in [5.41, 5.74) is 2.00. The van der Waals surface area contributed by atoms with Crippen molar-refractivity contribution >= 4 is 23.2 Å². The second kappa shape index (κ2) is 5.45. The Hall–Kier alpha value is -1.81. The Morgan fingerprint density at radius 1 is 1.37 bits per heavy atom. The van der Waals surface area contributed by atoms with Gasteiger partial charge in [-0.15, -0.1) is 0 Å². The molecule has 2 rings (SSSR count). The molecular formula is C14H16ClN3O. The number of aryl methyl sites for hydroxylation is 1. The van der Waals surface area contributed by atoms with E-state index in [0.29, 0.717) is 22.2 Å². The Bertz CT molecular complexity index is 604. The number of carbonyl (C=O) groups excluding carboxylic acids is 1. The van der Waals surface area contributed by atoms with Gasteiger partial charge < -0.3 is 9.88 Å². The molecule has 0 saturated heterocycles. The zero-order valence-corrected chi connectivity index (χ0v) is 11.9. The number of carbonyl (C=O) groups is 1. The quantitative estimate of drug-likeness (QED) is 0.870. The van der Waals surface area contributed by atoms with E-state index in [-0.39, 0.29) is 11.9 Å². The highest BCUT2D eigenvalue weighted by Crippen LogP contribution is 2.18. The molecule has 0 fully saturated rings. The molecule has 0 radical (unpaired) electrons. The second-order valence-electron chi connectivity index (χ2n) is 4.62. The molecule has 0 aliphatic heterocycles. The fourth-order valence-corrected chi connectivity index (χ4v) is 2.08. The maximum absolute atomic E-state index is 12.2. The largest absolute Gasteiger partial charge is 0.341 e. The molecule has 1 N–H and O–H groups in total. The number of nitrogens with zero attached hydrogens (tertiary/aromatic N) is 2. The number of aromatic nitrogens is 2. The van der Waals surface area contributed by atoms with E-state index >= 15 is 0 Å². The van der Waals surface area contributed by atoms with Crippen molar-refractivity contribution in [2.45, 2.75) is 26.8 Å². The van der Waals surface area contributed by atoms with Crippen molar-refractivity contribution in [3.05, 3.63) is 47.0 Å². The van der Waals surface area contributed by atoms with Gasteiger partial charge in [-0.3, -0.25) is 4.79 Å². The molecular weight excluding hydrogens is 262 g/mol. The van der Waals surface area contributed by atoms with Gasteiger partial charge in [-0.25, -0.2) is 4.98 Å². The van der Waals surface area contributed by atoms with E-state index in [1.807, 2.05) is 37.6 Å². The van der Waals surface area contributed by atoms with Crippen molar-refractivity contribution in [1.82, 2.24) is 9.55 Å². The first-order valence-electron chi connectivity index (χ1n) is 6.10. The van der Waals surface area contributed by atoms with Gasteiger partial charge in [-0.1, -0.05) is 11.6 Å². The van der Waals surface area contributed by atoms with Crippen LogP contribution in [0, 0.1) is 6.92 Å². The molecule has 4 nitrogen and oxygen atoms in total. The summed E-state index contributed by atoms with van der Waals surface area (Å²) in [6.45, 7) is 5.88. The van der Waals surface area contributed by atoms with Crippen LogP contribution in [-0.2, 0) is 0 Å². The third-order valence-corrected chi connectivity index (χ3v) is 3.08. The minimum Gasteiger partial charge on any atom is -0.341 e. The van der Waals surface area contributed by atoms with Crippen LogP contribution in [0.3, 0.4) is 0 Å². The zero-order chi connectivity index (χ0) is 14.0. The van der Waals surface area contributed by atoms with E-state index in [1.54, 1.807) is 18.2 Å². The van der Waals surface area contributed by atoms with E-state index in [9.17, 15) is 4.79 Å². The lowest BCUT2D eigenvalue weighted by molar-refractivity contribution is 0.101. The van der Waals surface area contributed by atoms with Gasteiger partial charge >= 0.3 is 0 Å². The fourth-order valence-electron chi connectivity index (χ4n) is 1.89. The van der Waals surface area contributed by atoms with Gasteiger partial charge in [-0.2, -0.15) is 0 Å². The SMILES string of the molecule is Cc1nc(Cl)ccc1NC(=O)c1cccn1C(C)C. The van der Waals surface area contributed by atoms with Crippen molar-refractivity contribution in [3.8, 4) is 0 Å². The smallest absolute Gasteiger partial charge is 0.272 e. The molecule has 0 aliphatic carbocycles. The highest BCUT2D eigenvalue weighted by Gasteiger charge is 2.13. The number of rotatable bonds is 3. The standard InChI is InChI=1S/C14H16ClN3O/c1-9(2)18-8-4-5-12(18)14(19)17-11-6-7-13(15)16-10(11)3/h4-9H,1-3H3,(H,17,19). The average Bonchev–Trinajstić information content (AvgIpc) is 2.82. The van der Waals surface area contributed by atoms with Crippen molar-refractivity contribution in [2.75, 3.05) is 5.32 Å². The maximum Gasteiger partial charge on any atom is 0.272 e. The first kappa shape index (κ1) is 13.6. The highest BCUT2D eigenvalue weighted by molar-refractivity contribution is 6.29. The lowest BCUT2D eigenvalue weighted by Gasteiger charge is -2.13. The molecule has 0 atom stereocenters. The topological polar surface area (TPSA) is 46.9 Å². The average molecular weight is 278 g/mol. The van der Waals surface area contributed by atoms with Crippen LogP contribution >= 0.6 is 11.6 Å². The third-order valence-electron chi connectivity index (χ3n) is 2.87. The molecule has 0 bridgehead atoms. The third kappa shape index (κ3) is 2.96. The summed E-state index contributed by atoms with van der Waals surface area (Å²) in [4.78, 5) is 16.4. The Morgan fingerprint density at radius 2 is 2.11 bits per heavy atom. The minimum absolute atomic E-state index is 0.147. The summed E-state index contributed by atoms with van der Waals surface area (Å²) in [6, 6.07) is 7.31. The monoisotopic (exact) mass is 277 g/mol. The van der Waals surface area contributed by atoms with Gasteiger partial charge in [0.05, 0.1) is 11.4 Å². The number of nitrogens with one attached hydrogen (secondary N) is 1. The van der Waals surface area contributed by atoms with E-state index < -0.39 is 0 Å². The van der Waals surface area contributed by atoms with Crippen molar-refractivity contribution in [2.24, 2.45) is 0 Å². The van der Waals surface area contributed by atoms with E-state index in [4.69, 9.17) is 11.6 Å². The van der Waals surface area contributed by atoms with Gasteiger partial charge in [0.25, 0.3) is 5.91 Å². The predicted molar refractivity (Wildman–Crippen MR) is 76.8 cm³/mol. The van der Waals surface area contributed by atoms with Gasteiger partial charge in [0.1, 0.15) is 10.8 Å². The molecule has 100 valence electrons. The number of hydrogen-bond donors (Lipinski definition) is 1. The van der Waals surface area contributed by atoms with Crippen LogP contribution in [0.1, 0.15) is 36.1 Å². The van der Waals surface area contributed by atoms with Gasteiger partial charge in [-0.05, 0) is 45.0 Å². The minimum atomic E-state index is -0.147. The summed E-state index contributed by atoms with van der Waals surface area (Å²) in [5.74, 6) is -0.147. The number of halogens is 1. The first-order valence-corrected chi connectivity index (χ1v) is 6.48. The number of anilines is 1. The van der Waals surface area contributed by atoms with Crippen LogP contribution in [0.2, 0.25) is 5.15 Å². The maximum atomic E-state index is 12.2. The van der Waals surface area contributed by atoms with Gasteiger partial charge in [0, 0.05) is 12.2 Å². The predicted octanol–water partition coefficient (Wildman–Crippen LogP) is 3.68. The van der Waals surface area contributed by atoms with E-state index in [2.05, 4.69) is 10.3 Å². The molecule has 0 saturated carbocycles. The lowest BCUT2D eigenvalue weighted by atomic mass is 10.3. The van der Waals surface area contributed by atoms with Gasteiger partial charge in [0.15, 0.2) is 0 Å². The molecule has 0 unspecified atom stereocenters. The number of pyridine rings is 1. The summed E-state index contributed by atoms with van der Waals surface area (Å²) >= 11 is 5.79. The highest BCUT2D eigenvalue weighted by atomic mass is 35.5. The Balaban J connectivity index is 2.23. The van der Waals surface area contributed by atoms with Crippen LogP contribution in [0.5, 0.6) is 0 Å². The number of amides is 1. The Morgan fingerprint density at radius 3 is 2.74 bits per heavy atom. The summed E-state index contributed by atoms with van der Waals surface area (Å²) < 4.78 is 1.92. The van der Waals surface area contributed by atoms with Gasteiger partial charge in [0.2, 0.25) is 0 Å². The normalized spacial score (nSPS) is 10.8. The summed E-state index contributed by atoms with van der Waals surface area (Å²) in [6.07, 6.45) is 1.90. The molecule has 2 aromatic rings. The van der Waals surface area contributed by atoms with E-state index in [0.717, 1.165) is 0 Å². The molecule has 5 heteroatoms. The lowest BCUT2D eigenvalue weighted by Crippen LogP contribution is -2.18. The van der Waals surface area contributed by atoms with Crippen LogP contribution in [0.15, 0.2) is 30.5 Å². The first-order chi connectivity index (χ1) is 8.99. The summed E-state index contributed by atoms with van der Waals surface area (Å²) in [5, 5.41) is 3.27. The molecule has 2 heterocycles. The molecule has 1 amide bonds. The Labute approximate surface area is 117 Å².